The van der Waals surface area contributed by atoms with Crippen molar-refractivity contribution in [2.24, 2.45) is 0 Å². The fourth-order valence-electron chi connectivity index (χ4n) is 4.44. The van der Waals surface area contributed by atoms with E-state index >= 15 is 0 Å². The summed E-state index contributed by atoms with van der Waals surface area (Å²) in [5, 5.41) is 11.4. The third-order valence-electron chi connectivity index (χ3n) is 6.17. The average Bonchev–Trinajstić information content (AvgIpc) is 3.18. The molecule has 1 saturated heterocycles. The van der Waals surface area contributed by atoms with E-state index in [1.807, 2.05) is 20.8 Å². The molecule has 37 heavy (non-hydrogen) atoms. The standard InChI is InChI=1S/C30H31NO6/c1-5-15-37-24-12-8-10-22(18-24)31-27(20-9-7-11-23(17-20)35-4)26(29(33)30(31)34)28(32)21-13-14-25(36-6-2)19(3)16-21/h7-14,16-18,27,32H,5-6,15H2,1-4H3/b28-26+. The molecule has 1 aliphatic heterocycles. The van der Waals surface area contributed by atoms with Gasteiger partial charge in [-0.25, -0.2) is 0 Å². The second-order valence-corrected chi connectivity index (χ2v) is 8.70. The number of carbonyl (C=O) groups is 2. The number of aliphatic hydroxyl groups is 1. The van der Waals surface area contributed by atoms with E-state index in [1.165, 1.54) is 4.90 Å². The van der Waals surface area contributed by atoms with Crippen LogP contribution in [0.15, 0.2) is 72.3 Å². The van der Waals surface area contributed by atoms with E-state index < -0.39 is 17.7 Å². The first-order valence-corrected chi connectivity index (χ1v) is 12.3. The number of methoxy groups -OCH3 is 1. The number of aryl methyl sites for hydroxylation is 1. The van der Waals surface area contributed by atoms with Gasteiger partial charge in [0.2, 0.25) is 0 Å². The zero-order chi connectivity index (χ0) is 26.5. The lowest BCUT2D eigenvalue weighted by atomic mass is 9.94. The van der Waals surface area contributed by atoms with E-state index in [0.717, 1.165) is 12.0 Å². The Labute approximate surface area is 216 Å². The molecule has 0 bridgehead atoms. The van der Waals surface area contributed by atoms with Gasteiger partial charge in [0.15, 0.2) is 0 Å². The Morgan fingerprint density at radius 2 is 1.70 bits per heavy atom. The summed E-state index contributed by atoms with van der Waals surface area (Å²) in [5.41, 5.74) is 2.35. The monoisotopic (exact) mass is 501 g/mol. The number of rotatable bonds is 9. The van der Waals surface area contributed by atoms with Crippen LogP contribution in [0.5, 0.6) is 17.2 Å². The number of Topliss-reactive ketones (excluding diaryl/α,β-unsaturated/α-hetero) is 1. The molecule has 1 amide bonds. The van der Waals surface area contributed by atoms with Crippen molar-refractivity contribution in [1.29, 1.82) is 0 Å². The van der Waals surface area contributed by atoms with E-state index in [4.69, 9.17) is 14.2 Å². The molecule has 3 aromatic rings. The highest BCUT2D eigenvalue weighted by Gasteiger charge is 2.47. The lowest BCUT2D eigenvalue weighted by molar-refractivity contribution is -0.132. The fraction of sp³-hybridized carbons (Fsp3) is 0.267. The lowest BCUT2D eigenvalue weighted by Crippen LogP contribution is -2.29. The zero-order valence-corrected chi connectivity index (χ0v) is 21.5. The van der Waals surface area contributed by atoms with Gasteiger partial charge >= 0.3 is 0 Å². The Hall–Kier alpha value is -4.26. The Bertz CT molecular complexity index is 1350. The summed E-state index contributed by atoms with van der Waals surface area (Å²) in [4.78, 5) is 28.3. The van der Waals surface area contributed by atoms with Crippen LogP contribution in [0, 0.1) is 6.92 Å². The number of ketones is 1. The van der Waals surface area contributed by atoms with Crippen molar-refractivity contribution < 1.29 is 28.9 Å². The number of anilines is 1. The zero-order valence-electron chi connectivity index (χ0n) is 21.5. The number of aliphatic hydroxyl groups excluding tert-OH is 1. The van der Waals surface area contributed by atoms with Gasteiger partial charge in [0, 0.05) is 17.3 Å². The highest BCUT2D eigenvalue weighted by atomic mass is 16.5. The topological polar surface area (TPSA) is 85.3 Å². The summed E-state index contributed by atoms with van der Waals surface area (Å²) in [5.74, 6) is 0.0974. The van der Waals surface area contributed by atoms with Crippen LogP contribution >= 0.6 is 0 Å². The summed E-state index contributed by atoms with van der Waals surface area (Å²) >= 11 is 0. The molecule has 1 heterocycles. The molecule has 0 saturated carbocycles. The Kier molecular flexibility index (Phi) is 7.82. The molecular weight excluding hydrogens is 470 g/mol. The van der Waals surface area contributed by atoms with Gasteiger partial charge in [0.1, 0.15) is 23.0 Å². The molecule has 3 aromatic carbocycles. The van der Waals surface area contributed by atoms with Crippen molar-refractivity contribution in [3.05, 3.63) is 89.0 Å². The number of hydrogen-bond acceptors (Lipinski definition) is 6. The predicted molar refractivity (Wildman–Crippen MR) is 142 cm³/mol. The van der Waals surface area contributed by atoms with Crippen LogP contribution < -0.4 is 19.1 Å². The first kappa shape index (κ1) is 25.8. The molecular formula is C30H31NO6. The first-order valence-electron chi connectivity index (χ1n) is 12.3. The summed E-state index contributed by atoms with van der Waals surface area (Å²) in [6.07, 6.45) is 0.833. The second kappa shape index (κ2) is 11.2. The van der Waals surface area contributed by atoms with E-state index in [0.29, 0.717) is 47.3 Å². The van der Waals surface area contributed by atoms with Gasteiger partial charge in [-0.15, -0.1) is 0 Å². The maximum atomic E-state index is 13.5. The average molecular weight is 502 g/mol. The molecule has 1 atom stereocenters. The SMILES string of the molecule is CCCOc1cccc(N2C(=O)C(=O)/C(=C(/O)c3ccc(OCC)c(C)c3)C2c2cccc(OC)c2)c1. The van der Waals surface area contributed by atoms with Crippen LogP contribution in [-0.2, 0) is 9.59 Å². The molecule has 7 nitrogen and oxygen atoms in total. The minimum atomic E-state index is -0.872. The van der Waals surface area contributed by atoms with Crippen molar-refractivity contribution in [3.63, 3.8) is 0 Å². The molecule has 7 heteroatoms. The largest absolute Gasteiger partial charge is 0.507 e. The molecule has 1 N–H and O–H groups in total. The van der Waals surface area contributed by atoms with Gasteiger partial charge in [-0.3, -0.25) is 14.5 Å². The molecule has 4 rings (SSSR count). The predicted octanol–water partition coefficient (Wildman–Crippen LogP) is 5.82. The van der Waals surface area contributed by atoms with Crippen LogP contribution in [-0.4, -0.2) is 37.1 Å². The minimum Gasteiger partial charge on any atom is -0.507 e. The molecule has 192 valence electrons. The number of benzene rings is 3. The number of ether oxygens (including phenoxy) is 3. The van der Waals surface area contributed by atoms with Crippen LogP contribution in [0.2, 0.25) is 0 Å². The molecule has 0 aromatic heterocycles. The van der Waals surface area contributed by atoms with Gasteiger partial charge in [0.05, 0.1) is 31.9 Å². The van der Waals surface area contributed by atoms with E-state index in [-0.39, 0.29) is 11.3 Å². The van der Waals surface area contributed by atoms with E-state index in [9.17, 15) is 14.7 Å². The third kappa shape index (κ3) is 5.16. The van der Waals surface area contributed by atoms with Crippen molar-refractivity contribution in [1.82, 2.24) is 0 Å². The van der Waals surface area contributed by atoms with Gasteiger partial charge < -0.3 is 19.3 Å². The Morgan fingerprint density at radius 1 is 0.946 bits per heavy atom. The molecule has 0 spiro atoms. The van der Waals surface area contributed by atoms with Gasteiger partial charge in [-0.05, 0) is 73.9 Å². The van der Waals surface area contributed by atoms with Crippen LogP contribution in [0.4, 0.5) is 5.69 Å². The second-order valence-electron chi connectivity index (χ2n) is 8.70. The Morgan fingerprint density at radius 3 is 2.41 bits per heavy atom. The summed E-state index contributed by atoms with van der Waals surface area (Å²) in [6.45, 7) is 6.80. The van der Waals surface area contributed by atoms with E-state index in [2.05, 4.69) is 0 Å². The smallest absolute Gasteiger partial charge is 0.300 e. The summed E-state index contributed by atoms with van der Waals surface area (Å²) in [7, 11) is 1.55. The van der Waals surface area contributed by atoms with E-state index in [1.54, 1.807) is 73.8 Å². The van der Waals surface area contributed by atoms with Crippen molar-refractivity contribution in [2.75, 3.05) is 25.2 Å². The summed E-state index contributed by atoms with van der Waals surface area (Å²) in [6, 6.07) is 18.5. The number of nitrogens with zero attached hydrogens (tertiary/aromatic N) is 1. The molecule has 1 fully saturated rings. The number of amides is 1. The van der Waals surface area contributed by atoms with Crippen molar-refractivity contribution in [3.8, 4) is 17.2 Å². The lowest BCUT2D eigenvalue weighted by Gasteiger charge is -2.26. The summed E-state index contributed by atoms with van der Waals surface area (Å²) < 4.78 is 16.8. The van der Waals surface area contributed by atoms with Crippen molar-refractivity contribution >= 4 is 23.1 Å². The third-order valence-corrected chi connectivity index (χ3v) is 6.17. The maximum absolute atomic E-state index is 13.5. The first-order chi connectivity index (χ1) is 17.9. The van der Waals surface area contributed by atoms with Gasteiger partial charge in [-0.1, -0.05) is 25.1 Å². The molecule has 0 aliphatic carbocycles. The number of hydrogen-bond donors (Lipinski definition) is 1. The Balaban J connectivity index is 1.89. The minimum absolute atomic E-state index is 0.00157. The van der Waals surface area contributed by atoms with Gasteiger partial charge in [0.25, 0.3) is 11.7 Å². The fourth-order valence-corrected chi connectivity index (χ4v) is 4.44. The van der Waals surface area contributed by atoms with Crippen molar-refractivity contribution in [2.45, 2.75) is 33.2 Å². The van der Waals surface area contributed by atoms with Crippen LogP contribution in [0.3, 0.4) is 0 Å². The number of carbonyl (C=O) groups excluding carboxylic acids is 2. The molecule has 1 aliphatic rings. The molecule has 1 unspecified atom stereocenters. The maximum Gasteiger partial charge on any atom is 0.300 e. The highest BCUT2D eigenvalue weighted by molar-refractivity contribution is 6.51. The normalized spacial score (nSPS) is 16.6. The quantitative estimate of drug-likeness (QED) is 0.226. The van der Waals surface area contributed by atoms with Gasteiger partial charge in [-0.2, -0.15) is 0 Å². The highest BCUT2D eigenvalue weighted by Crippen LogP contribution is 2.43. The van der Waals surface area contributed by atoms with Crippen LogP contribution in [0.25, 0.3) is 5.76 Å². The van der Waals surface area contributed by atoms with Crippen LogP contribution in [0.1, 0.15) is 43.0 Å². The molecule has 0 radical (unpaired) electrons.